The molecule has 10 heavy (non-hydrogen) atoms. The van der Waals surface area contributed by atoms with E-state index in [1.54, 1.807) is 0 Å². The maximum Gasteiger partial charge on any atom is 0.0549 e. The number of likely N-dealkylation sites (N-methyl/N-ethyl adjacent to an activating group) is 1. The van der Waals surface area contributed by atoms with Crippen molar-refractivity contribution in [2.45, 2.75) is 38.8 Å². The zero-order valence-corrected chi connectivity index (χ0v) is 7.45. The van der Waals surface area contributed by atoms with E-state index in [4.69, 9.17) is 5.21 Å². The molecule has 0 bridgehead atoms. The predicted octanol–water partition coefficient (Wildman–Crippen LogP) is 0.742. The maximum atomic E-state index is 8.77. The monoisotopic (exact) mass is 146 g/mol. The highest BCUT2D eigenvalue weighted by Gasteiger charge is 2.34. The van der Waals surface area contributed by atoms with Gasteiger partial charge < -0.3 is 10.5 Å². The summed E-state index contributed by atoms with van der Waals surface area (Å²) in [6.07, 6.45) is 0. The summed E-state index contributed by atoms with van der Waals surface area (Å²) >= 11 is 0. The van der Waals surface area contributed by atoms with Gasteiger partial charge in [0, 0.05) is 5.54 Å². The van der Waals surface area contributed by atoms with E-state index >= 15 is 0 Å². The van der Waals surface area contributed by atoms with Crippen molar-refractivity contribution in [1.82, 2.24) is 10.8 Å². The van der Waals surface area contributed by atoms with Crippen LogP contribution in [0.15, 0.2) is 0 Å². The average Bonchev–Trinajstić information content (AvgIpc) is 1.88. The Kier molecular flexibility index (Phi) is 2.83. The normalized spacial score (nSPS) is 13.8. The molecule has 0 rings (SSSR count). The number of hydrogen-bond donors (Lipinski definition) is 3. The van der Waals surface area contributed by atoms with E-state index in [2.05, 4.69) is 10.8 Å². The molecule has 0 saturated carbocycles. The minimum Gasteiger partial charge on any atom is -0.316 e. The van der Waals surface area contributed by atoms with Crippen molar-refractivity contribution >= 4 is 0 Å². The Bertz CT molecular complexity index is 96.2. The molecule has 3 nitrogen and oxygen atoms in total. The molecule has 3 N–H and O–H groups in total. The smallest absolute Gasteiger partial charge is 0.0549 e. The molecule has 0 saturated heterocycles. The lowest BCUT2D eigenvalue weighted by Gasteiger charge is -2.40. The zero-order chi connectivity index (χ0) is 8.41. The van der Waals surface area contributed by atoms with Crippen molar-refractivity contribution in [3.63, 3.8) is 0 Å². The summed E-state index contributed by atoms with van der Waals surface area (Å²) in [6.45, 7) is 7.92. The van der Waals surface area contributed by atoms with E-state index in [0.29, 0.717) is 0 Å². The Morgan fingerprint density at radius 3 is 1.50 bits per heavy atom. The molecule has 0 amide bonds. The average molecular weight is 146 g/mol. The van der Waals surface area contributed by atoms with Crippen molar-refractivity contribution in [3.05, 3.63) is 0 Å². The summed E-state index contributed by atoms with van der Waals surface area (Å²) in [5.74, 6) is 0. The van der Waals surface area contributed by atoms with E-state index < -0.39 is 0 Å². The highest BCUT2D eigenvalue weighted by molar-refractivity contribution is 4.96. The molecular weight excluding hydrogens is 128 g/mol. The first-order chi connectivity index (χ1) is 4.37. The maximum absolute atomic E-state index is 8.77. The van der Waals surface area contributed by atoms with Gasteiger partial charge >= 0.3 is 0 Å². The summed E-state index contributed by atoms with van der Waals surface area (Å²) in [4.78, 5) is 0. The molecule has 0 atom stereocenters. The molecule has 0 aromatic carbocycles. The summed E-state index contributed by atoms with van der Waals surface area (Å²) in [7, 11) is 1.87. The van der Waals surface area contributed by atoms with E-state index in [-0.39, 0.29) is 11.1 Å². The zero-order valence-electron chi connectivity index (χ0n) is 7.45. The minimum atomic E-state index is -0.318. The van der Waals surface area contributed by atoms with Crippen molar-refractivity contribution in [1.29, 1.82) is 0 Å². The van der Waals surface area contributed by atoms with E-state index in [0.717, 1.165) is 0 Å². The van der Waals surface area contributed by atoms with Crippen LogP contribution in [0.3, 0.4) is 0 Å². The van der Waals surface area contributed by atoms with Crippen molar-refractivity contribution in [2.75, 3.05) is 7.05 Å². The van der Waals surface area contributed by atoms with Crippen LogP contribution < -0.4 is 10.8 Å². The predicted molar refractivity (Wildman–Crippen MR) is 42.1 cm³/mol. The number of hydrogen-bond acceptors (Lipinski definition) is 3. The van der Waals surface area contributed by atoms with Crippen LogP contribution in [-0.2, 0) is 0 Å². The summed E-state index contributed by atoms with van der Waals surface area (Å²) < 4.78 is 0. The molecule has 0 aliphatic heterocycles. The molecule has 0 aliphatic carbocycles. The number of hydroxylamine groups is 1. The van der Waals surface area contributed by atoms with E-state index in [1.165, 1.54) is 0 Å². The van der Waals surface area contributed by atoms with E-state index in [1.807, 2.05) is 34.7 Å². The molecule has 0 aliphatic rings. The van der Waals surface area contributed by atoms with Gasteiger partial charge in [0.05, 0.1) is 5.54 Å². The first kappa shape index (κ1) is 9.88. The van der Waals surface area contributed by atoms with Crippen LogP contribution >= 0.6 is 0 Å². The quantitative estimate of drug-likeness (QED) is 0.515. The number of nitrogens with one attached hydrogen (secondary N) is 2. The molecule has 0 radical (unpaired) electrons. The lowest BCUT2D eigenvalue weighted by atomic mass is 9.83. The summed E-state index contributed by atoms with van der Waals surface area (Å²) in [6, 6.07) is 0. The Morgan fingerprint density at radius 1 is 1.00 bits per heavy atom. The molecule has 0 spiro atoms. The lowest BCUT2D eigenvalue weighted by molar-refractivity contribution is 0.0323. The molecule has 62 valence electrons. The second-order valence-corrected chi connectivity index (χ2v) is 3.61. The highest BCUT2D eigenvalue weighted by atomic mass is 16.5. The lowest BCUT2D eigenvalue weighted by Crippen LogP contribution is -2.61. The molecule has 0 aromatic rings. The van der Waals surface area contributed by atoms with Crippen molar-refractivity contribution < 1.29 is 5.21 Å². The van der Waals surface area contributed by atoms with Gasteiger partial charge in [-0.2, -0.15) is 5.48 Å². The first-order valence-corrected chi connectivity index (χ1v) is 3.47. The van der Waals surface area contributed by atoms with Crippen LogP contribution in [0.5, 0.6) is 0 Å². The molecule has 3 heteroatoms. The fourth-order valence-corrected chi connectivity index (χ4v) is 0.452. The third-order valence-corrected chi connectivity index (χ3v) is 2.47. The third-order valence-electron chi connectivity index (χ3n) is 2.47. The Morgan fingerprint density at radius 2 is 1.40 bits per heavy atom. The van der Waals surface area contributed by atoms with Gasteiger partial charge in [0.1, 0.15) is 0 Å². The largest absolute Gasteiger partial charge is 0.316 e. The van der Waals surface area contributed by atoms with Crippen LogP contribution in [0.2, 0.25) is 0 Å². The molecule has 0 unspecified atom stereocenters. The van der Waals surface area contributed by atoms with Crippen molar-refractivity contribution in [3.8, 4) is 0 Å². The van der Waals surface area contributed by atoms with Gasteiger partial charge in [0.25, 0.3) is 0 Å². The van der Waals surface area contributed by atoms with Crippen LogP contribution in [0.4, 0.5) is 0 Å². The Balaban J connectivity index is 4.28. The second kappa shape index (κ2) is 2.86. The Labute approximate surface area is 62.8 Å². The van der Waals surface area contributed by atoms with E-state index in [9.17, 15) is 0 Å². The summed E-state index contributed by atoms with van der Waals surface area (Å²) in [5.41, 5.74) is 1.83. The molecule has 0 aromatic heterocycles. The van der Waals surface area contributed by atoms with Crippen LogP contribution in [0, 0.1) is 0 Å². The van der Waals surface area contributed by atoms with Gasteiger partial charge in [-0.05, 0) is 34.7 Å². The SMILES string of the molecule is CNC(C)(C)C(C)(C)NO. The highest BCUT2D eigenvalue weighted by Crippen LogP contribution is 2.19. The first-order valence-electron chi connectivity index (χ1n) is 3.47. The van der Waals surface area contributed by atoms with Crippen molar-refractivity contribution in [2.24, 2.45) is 0 Å². The molecule has 0 fully saturated rings. The fraction of sp³-hybridized carbons (Fsp3) is 1.00. The third kappa shape index (κ3) is 1.68. The van der Waals surface area contributed by atoms with Gasteiger partial charge in [0.15, 0.2) is 0 Å². The van der Waals surface area contributed by atoms with Gasteiger partial charge in [-0.1, -0.05) is 0 Å². The topological polar surface area (TPSA) is 44.3 Å². The van der Waals surface area contributed by atoms with Gasteiger partial charge in [-0.3, -0.25) is 0 Å². The Hall–Kier alpha value is -0.120. The standard InChI is InChI=1S/C7H18N2O/c1-6(2,8-5)7(3,4)9-10/h8-10H,1-5H3. The fourth-order valence-electron chi connectivity index (χ4n) is 0.452. The molecule has 0 heterocycles. The summed E-state index contributed by atoms with van der Waals surface area (Å²) in [5, 5.41) is 11.9. The second-order valence-electron chi connectivity index (χ2n) is 3.61. The van der Waals surface area contributed by atoms with Gasteiger partial charge in [-0.15, -0.1) is 0 Å². The minimum absolute atomic E-state index is 0.123. The van der Waals surface area contributed by atoms with Crippen LogP contribution in [-0.4, -0.2) is 23.3 Å². The number of rotatable bonds is 3. The molecular formula is C7H18N2O. The van der Waals surface area contributed by atoms with Gasteiger partial charge in [-0.25, -0.2) is 0 Å². The van der Waals surface area contributed by atoms with Gasteiger partial charge in [0.2, 0.25) is 0 Å². The van der Waals surface area contributed by atoms with Crippen LogP contribution in [0.25, 0.3) is 0 Å². The van der Waals surface area contributed by atoms with Crippen LogP contribution in [0.1, 0.15) is 27.7 Å².